The number of amides is 1. The maximum atomic E-state index is 12.1. The molecule has 140 valence electrons. The molecule has 24 heavy (non-hydrogen) atoms. The van der Waals surface area contributed by atoms with E-state index in [0.717, 1.165) is 19.5 Å². The van der Waals surface area contributed by atoms with Gasteiger partial charge in [-0.1, -0.05) is 19.3 Å². The summed E-state index contributed by atoms with van der Waals surface area (Å²) in [5, 5.41) is 4.72. The zero-order valence-electron chi connectivity index (χ0n) is 13.9. The molecule has 1 spiro atoms. The average molecular weight is 462 g/mol. The molecule has 1 saturated heterocycles. The van der Waals surface area contributed by atoms with Crippen LogP contribution in [-0.4, -0.2) is 56.2 Å². The summed E-state index contributed by atoms with van der Waals surface area (Å²) in [5.41, 5.74) is 0.356. The largest absolute Gasteiger partial charge is 0.405 e. The van der Waals surface area contributed by atoms with Crippen LogP contribution < -0.4 is 10.6 Å². The summed E-state index contributed by atoms with van der Waals surface area (Å²) in [6.07, 6.45) is 3.01. The van der Waals surface area contributed by atoms with Crippen molar-refractivity contribution in [2.24, 2.45) is 10.4 Å². The van der Waals surface area contributed by atoms with E-state index >= 15 is 0 Å². The number of aliphatic imine (C=N–C) groups is 1. The van der Waals surface area contributed by atoms with Gasteiger partial charge in [-0.05, 0) is 24.7 Å². The predicted molar refractivity (Wildman–Crippen MR) is 97.5 cm³/mol. The number of hydrogen-bond donors (Lipinski definition) is 2. The minimum Gasteiger partial charge on any atom is -0.347 e. The fraction of sp³-hybridized carbons (Fsp3) is 0.867. The molecule has 0 unspecified atom stereocenters. The molecule has 1 aliphatic carbocycles. The van der Waals surface area contributed by atoms with Crippen LogP contribution in [0.5, 0.6) is 0 Å². The van der Waals surface area contributed by atoms with Gasteiger partial charge in [-0.2, -0.15) is 13.2 Å². The zero-order chi connectivity index (χ0) is 16.9. The van der Waals surface area contributed by atoms with Gasteiger partial charge in [0.2, 0.25) is 5.91 Å². The Morgan fingerprint density at radius 1 is 1.17 bits per heavy atom. The molecule has 1 heterocycles. The topological polar surface area (TPSA) is 56.7 Å². The molecule has 0 radical (unpaired) electrons. The van der Waals surface area contributed by atoms with E-state index in [1.807, 2.05) is 5.32 Å². The summed E-state index contributed by atoms with van der Waals surface area (Å²) in [5.74, 6) is -0.0929. The predicted octanol–water partition coefficient (Wildman–Crippen LogP) is 2.51. The van der Waals surface area contributed by atoms with Gasteiger partial charge in [0.1, 0.15) is 6.54 Å². The lowest BCUT2D eigenvalue weighted by atomic mass is 9.73. The van der Waals surface area contributed by atoms with Gasteiger partial charge in [0.15, 0.2) is 5.96 Å². The summed E-state index contributed by atoms with van der Waals surface area (Å²) in [6.45, 7) is 0.284. The van der Waals surface area contributed by atoms with Gasteiger partial charge in [0.05, 0.1) is 6.54 Å². The third-order valence-corrected chi connectivity index (χ3v) is 4.76. The normalized spacial score (nSPS) is 20.7. The Morgan fingerprint density at radius 3 is 2.42 bits per heavy atom. The van der Waals surface area contributed by atoms with Gasteiger partial charge < -0.3 is 15.5 Å². The van der Waals surface area contributed by atoms with Gasteiger partial charge in [-0.3, -0.25) is 9.79 Å². The van der Waals surface area contributed by atoms with E-state index in [-0.39, 0.29) is 30.5 Å². The van der Waals surface area contributed by atoms with E-state index in [0.29, 0.717) is 11.4 Å². The second-order valence-electron chi connectivity index (χ2n) is 6.52. The van der Waals surface area contributed by atoms with E-state index in [2.05, 4.69) is 15.2 Å². The van der Waals surface area contributed by atoms with Crippen LogP contribution in [0.4, 0.5) is 13.2 Å². The van der Waals surface area contributed by atoms with E-state index in [1.165, 1.54) is 32.1 Å². The third kappa shape index (κ3) is 6.29. The van der Waals surface area contributed by atoms with Crippen molar-refractivity contribution in [2.45, 2.75) is 44.7 Å². The molecule has 1 amide bonds. The molecule has 0 aromatic rings. The van der Waals surface area contributed by atoms with Crippen molar-refractivity contribution in [2.75, 3.05) is 33.2 Å². The second kappa shape index (κ2) is 9.10. The number of rotatable bonds is 3. The van der Waals surface area contributed by atoms with Crippen molar-refractivity contribution >= 4 is 35.8 Å². The Morgan fingerprint density at radius 2 is 1.83 bits per heavy atom. The molecule has 2 fully saturated rings. The summed E-state index contributed by atoms with van der Waals surface area (Å²) < 4.78 is 36.2. The molecule has 0 aromatic heterocycles. The highest BCUT2D eigenvalue weighted by Gasteiger charge is 2.39. The molecular weight excluding hydrogens is 436 g/mol. The number of alkyl halides is 3. The van der Waals surface area contributed by atoms with Crippen molar-refractivity contribution in [3.8, 4) is 0 Å². The quantitative estimate of drug-likeness (QED) is 0.385. The Balaban J connectivity index is 0.00000288. The second-order valence-corrected chi connectivity index (χ2v) is 6.52. The van der Waals surface area contributed by atoms with Crippen molar-refractivity contribution in [1.29, 1.82) is 0 Å². The molecule has 0 aromatic carbocycles. The first-order valence-electron chi connectivity index (χ1n) is 8.13. The molecule has 5 nitrogen and oxygen atoms in total. The summed E-state index contributed by atoms with van der Waals surface area (Å²) >= 11 is 0. The number of nitrogens with one attached hydrogen (secondary N) is 2. The van der Waals surface area contributed by atoms with Gasteiger partial charge in [0.25, 0.3) is 0 Å². The number of carbonyl (C=O) groups excluding carboxylic acids is 1. The smallest absolute Gasteiger partial charge is 0.347 e. The van der Waals surface area contributed by atoms with E-state index in [1.54, 1.807) is 7.05 Å². The molecule has 2 aliphatic rings. The lowest BCUT2D eigenvalue weighted by molar-refractivity contribution is -0.137. The Kier molecular flexibility index (Phi) is 8.07. The minimum absolute atomic E-state index is 0. The number of nitrogens with zero attached hydrogens (tertiary/aromatic N) is 2. The minimum atomic E-state index is -4.39. The first-order chi connectivity index (χ1) is 10.8. The van der Waals surface area contributed by atoms with Gasteiger partial charge in [0, 0.05) is 20.1 Å². The lowest BCUT2D eigenvalue weighted by Crippen LogP contribution is -2.46. The van der Waals surface area contributed by atoms with Crippen LogP contribution in [0, 0.1) is 5.41 Å². The van der Waals surface area contributed by atoms with Crippen molar-refractivity contribution in [3.63, 3.8) is 0 Å². The molecule has 9 heteroatoms. The van der Waals surface area contributed by atoms with Crippen molar-refractivity contribution < 1.29 is 18.0 Å². The van der Waals surface area contributed by atoms with Gasteiger partial charge >= 0.3 is 6.18 Å². The fourth-order valence-electron chi connectivity index (χ4n) is 3.58. The van der Waals surface area contributed by atoms with Gasteiger partial charge in [-0.25, -0.2) is 0 Å². The number of halogens is 4. The Bertz CT molecular complexity index is 450. The zero-order valence-corrected chi connectivity index (χ0v) is 16.2. The summed E-state index contributed by atoms with van der Waals surface area (Å²) in [7, 11) is 1.63. The van der Waals surface area contributed by atoms with Crippen molar-refractivity contribution in [3.05, 3.63) is 0 Å². The average Bonchev–Trinajstić information content (AvgIpc) is 2.89. The number of carbonyl (C=O) groups is 1. The summed E-state index contributed by atoms with van der Waals surface area (Å²) in [6, 6.07) is 0. The highest BCUT2D eigenvalue weighted by molar-refractivity contribution is 14.0. The van der Waals surface area contributed by atoms with Gasteiger partial charge in [-0.15, -0.1) is 24.0 Å². The molecular formula is C15H26F3IN4O. The standard InChI is InChI=1S/C15H25F3N4O.HI/c1-19-13(20-9-12(23)21-10-15(16,17)18)22-8-7-14(11-22)5-3-2-4-6-14;/h2-11H2,1H3,(H,19,20)(H,21,23);1H. The number of hydrogen-bond acceptors (Lipinski definition) is 2. The maximum Gasteiger partial charge on any atom is 0.405 e. The summed E-state index contributed by atoms with van der Waals surface area (Å²) in [4.78, 5) is 17.7. The first kappa shape index (κ1) is 21.3. The van der Waals surface area contributed by atoms with Crippen LogP contribution in [0.25, 0.3) is 0 Å². The number of likely N-dealkylation sites (tertiary alicyclic amines) is 1. The van der Waals surface area contributed by atoms with Crippen LogP contribution in [-0.2, 0) is 4.79 Å². The monoisotopic (exact) mass is 462 g/mol. The van der Waals surface area contributed by atoms with E-state index in [4.69, 9.17) is 0 Å². The van der Waals surface area contributed by atoms with E-state index < -0.39 is 18.6 Å². The highest BCUT2D eigenvalue weighted by Crippen LogP contribution is 2.43. The molecule has 1 saturated carbocycles. The Hall–Kier alpha value is -0.740. The first-order valence-corrected chi connectivity index (χ1v) is 8.13. The van der Waals surface area contributed by atoms with Crippen LogP contribution in [0.2, 0.25) is 0 Å². The molecule has 0 bridgehead atoms. The van der Waals surface area contributed by atoms with Crippen LogP contribution in [0.3, 0.4) is 0 Å². The SMILES string of the molecule is CN=C(NCC(=O)NCC(F)(F)F)N1CCC2(CCCCC2)C1.I. The lowest BCUT2D eigenvalue weighted by Gasteiger charge is -2.33. The fourth-order valence-corrected chi connectivity index (χ4v) is 3.58. The van der Waals surface area contributed by atoms with E-state index in [9.17, 15) is 18.0 Å². The molecule has 2 rings (SSSR count). The van der Waals surface area contributed by atoms with Crippen LogP contribution in [0.1, 0.15) is 38.5 Å². The molecule has 1 aliphatic heterocycles. The highest BCUT2D eigenvalue weighted by atomic mass is 127. The Labute approximate surface area is 157 Å². The third-order valence-electron chi connectivity index (χ3n) is 4.76. The molecule has 0 atom stereocenters. The number of guanidine groups is 1. The van der Waals surface area contributed by atoms with Crippen LogP contribution >= 0.6 is 24.0 Å². The van der Waals surface area contributed by atoms with Crippen molar-refractivity contribution in [1.82, 2.24) is 15.5 Å². The van der Waals surface area contributed by atoms with Crippen LogP contribution in [0.15, 0.2) is 4.99 Å². The maximum absolute atomic E-state index is 12.1. The molecule has 2 N–H and O–H groups in total.